The standard InChI is InChI=1S/C19H35N5S.HI/c1-15-8-7-13-24(14-15)12-6-5-10-21-19(20-4)22-11-9-18-23-16(2)17(3)25-18;/h15H,5-14H2,1-4H3,(H2,20,21,22);1H. The van der Waals surface area contributed by atoms with Crippen LogP contribution in [0.1, 0.15) is 48.2 Å². The van der Waals surface area contributed by atoms with Crippen molar-refractivity contribution in [1.82, 2.24) is 20.5 Å². The van der Waals surface area contributed by atoms with E-state index in [4.69, 9.17) is 0 Å². The zero-order valence-corrected chi connectivity index (χ0v) is 20.0. The largest absolute Gasteiger partial charge is 0.356 e. The third-order valence-corrected chi connectivity index (χ3v) is 6.00. The Bertz CT molecular complexity index is 527. The monoisotopic (exact) mass is 493 g/mol. The van der Waals surface area contributed by atoms with E-state index in [1.54, 1.807) is 11.3 Å². The van der Waals surface area contributed by atoms with Gasteiger partial charge in [-0.15, -0.1) is 35.3 Å². The van der Waals surface area contributed by atoms with Crippen LogP contribution >= 0.6 is 35.3 Å². The first-order valence-electron chi connectivity index (χ1n) is 9.68. The number of unbranched alkanes of at least 4 members (excludes halogenated alkanes) is 1. The van der Waals surface area contributed by atoms with Gasteiger partial charge in [0.15, 0.2) is 5.96 Å². The van der Waals surface area contributed by atoms with Gasteiger partial charge in [0.2, 0.25) is 0 Å². The molecule has 0 spiro atoms. The van der Waals surface area contributed by atoms with Crippen molar-refractivity contribution in [2.24, 2.45) is 10.9 Å². The van der Waals surface area contributed by atoms with Crippen molar-refractivity contribution in [2.75, 3.05) is 39.8 Å². The van der Waals surface area contributed by atoms with Crippen LogP contribution in [-0.4, -0.2) is 55.6 Å². The molecular weight excluding hydrogens is 457 g/mol. The fraction of sp³-hybridized carbons (Fsp3) is 0.789. The lowest BCUT2D eigenvalue weighted by Gasteiger charge is -2.30. The van der Waals surface area contributed by atoms with Gasteiger partial charge in [-0.25, -0.2) is 4.98 Å². The average Bonchev–Trinajstić information content (AvgIpc) is 2.91. The van der Waals surface area contributed by atoms with Crippen LogP contribution in [-0.2, 0) is 6.42 Å². The minimum Gasteiger partial charge on any atom is -0.356 e. The number of rotatable bonds is 8. The molecule has 0 radical (unpaired) electrons. The summed E-state index contributed by atoms with van der Waals surface area (Å²) in [5.41, 5.74) is 1.16. The second-order valence-corrected chi connectivity index (χ2v) is 8.47. The van der Waals surface area contributed by atoms with Gasteiger partial charge in [0.25, 0.3) is 0 Å². The second kappa shape index (κ2) is 12.9. The summed E-state index contributed by atoms with van der Waals surface area (Å²) in [6, 6.07) is 0. The van der Waals surface area contributed by atoms with Gasteiger partial charge in [0.05, 0.1) is 10.7 Å². The predicted molar refractivity (Wildman–Crippen MR) is 124 cm³/mol. The van der Waals surface area contributed by atoms with Crippen molar-refractivity contribution in [2.45, 2.75) is 52.9 Å². The molecule has 2 rings (SSSR count). The normalized spacial score (nSPS) is 18.5. The van der Waals surface area contributed by atoms with Gasteiger partial charge in [0, 0.05) is 38.0 Å². The van der Waals surface area contributed by atoms with Gasteiger partial charge < -0.3 is 15.5 Å². The zero-order valence-electron chi connectivity index (χ0n) is 16.8. The lowest BCUT2D eigenvalue weighted by molar-refractivity contribution is 0.181. The molecule has 0 saturated carbocycles. The number of hydrogen-bond acceptors (Lipinski definition) is 4. The van der Waals surface area contributed by atoms with E-state index in [1.165, 1.54) is 55.2 Å². The van der Waals surface area contributed by atoms with Crippen molar-refractivity contribution in [3.05, 3.63) is 15.6 Å². The third-order valence-electron chi connectivity index (χ3n) is 4.86. The van der Waals surface area contributed by atoms with Crippen molar-refractivity contribution in [1.29, 1.82) is 0 Å². The van der Waals surface area contributed by atoms with E-state index in [-0.39, 0.29) is 24.0 Å². The molecule has 2 heterocycles. The summed E-state index contributed by atoms with van der Waals surface area (Å²) >= 11 is 1.80. The van der Waals surface area contributed by atoms with Crippen LogP contribution in [0.15, 0.2) is 4.99 Å². The number of nitrogens with zero attached hydrogens (tertiary/aromatic N) is 3. The predicted octanol–water partition coefficient (Wildman–Crippen LogP) is 3.60. The van der Waals surface area contributed by atoms with Gasteiger partial charge in [-0.3, -0.25) is 4.99 Å². The van der Waals surface area contributed by atoms with Crippen molar-refractivity contribution < 1.29 is 0 Å². The fourth-order valence-electron chi connectivity index (χ4n) is 3.31. The first-order chi connectivity index (χ1) is 12.1. The van der Waals surface area contributed by atoms with Crippen molar-refractivity contribution in [3.8, 4) is 0 Å². The molecule has 1 aliphatic heterocycles. The van der Waals surface area contributed by atoms with Gasteiger partial charge in [-0.2, -0.15) is 0 Å². The first kappa shape index (κ1) is 23.6. The lowest BCUT2D eigenvalue weighted by Crippen LogP contribution is -2.39. The number of piperidine rings is 1. The Morgan fingerprint density at radius 2 is 2.04 bits per heavy atom. The Morgan fingerprint density at radius 1 is 1.27 bits per heavy atom. The van der Waals surface area contributed by atoms with Gasteiger partial charge in [0.1, 0.15) is 0 Å². The Kier molecular flexibility index (Phi) is 11.7. The fourth-order valence-corrected chi connectivity index (χ4v) is 4.25. The topological polar surface area (TPSA) is 52.6 Å². The summed E-state index contributed by atoms with van der Waals surface area (Å²) < 4.78 is 0. The SMILES string of the molecule is CN=C(NCCCCN1CCCC(C)C1)NCCc1nc(C)c(C)s1.I. The molecule has 1 aromatic heterocycles. The molecule has 5 nitrogen and oxygen atoms in total. The van der Waals surface area contributed by atoms with E-state index in [0.29, 0.717) is 0 Å². The van der Waals surface area contributed by atoms with Crippen LogP contribution in [0.4, 0.5) is 0 Å². The molecule has 1 saturated heterocycles. The quantitative estimate of drug-likeness (QED) is 0.252. The van der Waals surface area contributed by atoms with Gasteiger partial charge in [-0.1, -0.05) is 6.92 Å². The van der Waals surface area contributed by atoms with Crippen LogP contribution in [0.2, 0.25) is 0 Å². The lowest BCUT2D eigenvalue weighted by atomic mass is 10.0. The molecule has 1 atom stereocenters. The molecule has 1 fully saturated rings. The van der Waals surface area contributed by atoms with E-state index < -0.39 is 0 Å². The van der Waals surface area contributed by atoms with Crippen LogP contribution in [0.3, 0.4) is 0 Å². The number of thiazole rings is 1. The summed E-state index contributed by atoms with van der Waals surface area (Å²) in [5.74, 6) is 1.77. The Labute approximate surface area is 180 Å². The summed E-state index contributed by atoms with van der Waals surface area (Å²) in [4.78, 5) is 12.8. The highest BCUT2D eigenvalue weighted by molar-refractivity contribution is 14.0. The molecule has 0 bridgehead atoms. The van der Waals surface area contributed by atoms with Crippen LogP contribution < -0.4 is 10.6 Å². The Hall–Kier alpha value is -0.410. The third kappa shape index (κ3) is 8.52. The van der Waals surface area contributed by atoms with Crippen LogP contribution in [0.25, 0.3) is 0 Å². The minimum absolute atomic E-state index is 0. The molecule has 150 valence electrons. The molecule has 26 heavy (non-hydrogen) atoms. The summed E-state index contributed by atoms with van der Waals surface area (Å²) in [6.07, 6.45) is 6.17. The van der Waals surface area contributed by atoms with E-state index >= 15 is 0 Å². The number of halogens is 1. The molecule has 1 aliphatic rings. The molecule has 0 amide bonds. The van der Waals surface area contributed by atoms with E-state index in [9.17, 15) is 0 Å². The number of aryl methyl sites for hydroxylation is 2. The average molecular weight is 494 g/mol. The minimum atomic E-state index is 0. The molecule has 0 aliphatic carbocycles. The molecule has 0 aromatic carbocycles. The second-order valence-electron chi connectivity index (χ2n) is 7.18. The molecule has 7 heteroatoms. The maximum absolute atomic E-state index is 4.58. The summed E-state index contributed by atoms with van der Waals surface area (Å²) in [6.45, 7) is 12.3. The summed E-state index contributed by atoms with van der Waals surface area (Å²) in [7, 11) is 1.84. The smallest absolute Gasteiger partial charge is 0.190 e. The van der Waals surface area contributed by atoms with Crippen molar-refractivity contribution in [3.63, 3.8) is 0 Å². The van der Waals surface area contributed by atoms with Crippen LogP contribution in [0.5, 0.6) is 0 Å². The molecule has 1 aromatic rings. The summed E-state index contributed by atoms with van der Waals surface area (Å²) in [5, 5.41) is 8.01. The Morgan fingerprint density at radius 3 is 2.69 bits per heavy atom. The number of nitrogens with one attached hydrogen (secondary N) is 2. The van der Waals surface area contributed by atoms with E-state index in [0.717, 1.165) is 37.1 Å². The number of aliphatic imine (C=N–C) groups is 1. The highest BCUT2D eigenvalue weighted by atomic mass is 127. The van der Waals surface area contributed by atoms with Gasteiger partial charge >= 0.3 is 0 Å². The Balaban J connectivity index is 0.00000338. The van der Waals surface area contributed by atoms with Crippen molar-refractivity contribution >= 4 is 41.3 Å². The maximum Gasteiger partial charge on any atom is 0.190 e. The van der Waals surface area contributed by atoms with Gasteiger partial charge in [-0.05, 0) is 58.5 Å². The first-order valence-corrected chi connectivity index (χ1v) is 10.5. The number of likely N-dealkylation sites (tertiary alicyclic amines) is 1. The van der Waals surface area contributed by atoms with Crippen LogP contribution in [0, 0.1) is 19.8 Å². The molecule has 1 unspecified atom stereocenters. The molecular formula is C19H36IN5S. The zero-order chi connectivity index (χ0) is 18.1. The van der Waals surface area contributed by atoms with E-state index in [2.05, 4.69) is 46.3 Å². The number of guanidine groups is 1. The maximum atomic E-state index is 4.58. The highest BCUT2D eigenvalue weighted by Gasteiger charge is 2.15. The van der Waals surface area contributed by atoms with E-state index in [1.807, 2.05) is 7.05 Å². The number of aromatic nitrogens is 1. The highest BCUT2D eigenvalue weighted by Crippen LogP contribution is 2.16. The number of hydrogen-bond donors (Lipinski definition) is 2. The molecule has 2 N–H and O–H groups in total.